The molecule has 0 spiro atoms. The number of methoxy groups -OCH3 is 1. The van der Waals surface area contributed by atoms with Crippen LogP contribution >= 0.6 is 11.8 Å². The van der Waals surface area contributed by atoms with Gasteiger partial charge in [-0.1, -0.05) is 0 Å². The second-order valence-electron chi connectivity index (χ2n) is 2.99. The van der Waals surface area contributed by atoms with Crippen molar-refractivity contribution in [1.29, 1.82) is 5.26 Å². The van der Waals surface area contributed by atoms with Gasteiger partial charge in [-0.3, -0.25) is 0 Å². The molecule has 96 valence electrons. The highest BCUT2D eigenvalue weighted by Crippen LogP contribution is 2.43. The Bertz CT molecular complexity index is 522. The summed E-state index contributed by atoms with van der Waals surface area (Å²) in [6.07, 6.45) is 0. The van der Waals surface area contributed by atoms with Crippen LogP contribution in [-0.2, 0) is 4.74 Å². The van der Waals surface area contributed by atoms with E-state index in [0.29, 0.717) is 0 Å². The monoisotopic (exact) mass is 277 g/mol. The summed E-state index contributed by atoms with van der Waals surface area (Å²) in [5.74, 6) is -1.99. The minimum absolute atomic E-state index is 0.258. The van der Waals surface area contributed by atoms with Crippen LogP contribution in [0.25, 0.3) is 0 Å². The molecule has 0 aromatic heterocycles. The van der Waals surface area contributed by atoms with Gasteiger partial charge in [0.25, 0.3) is 0 Å². The lowest BCUT2D eigenvalue weighted by molar-refractivity contribution is -0.0329. The second kappa shape index (κ2) is 5.18. The van der Waals surface area contributed by atoms with Crippen molar-refractivity contribution in [1.82, 2.24) is 0 Å². The van der Waals surface area contributed by atoms with Crippen LogP contribution in [-0.4, -0.2) is 23.7 Å². The molecule has 1 N–H and O–H groups in total. The fourth-order valence-corrected chi connectivity index (χ4v) is 1.77. The lowest BCUT2D eigenvalue weighted by atomic mass is 10.1. The highest BCUT2D eigenvalue weighted by atomic mass is 32.2. The van der Waals surface area contributed by atoms with Gasteiger partial charge in [-0.05, 0) is 23.9 Å². The van der Waals surface area contributed by atoms with Crippen LogP contribution in [0.5, 0.6) is 5.75 Å². The van der Waals surface area contributed by atoms with E-state index in [1.165, 1.54) is 0 Å². The number of nitrogens with zero attached hydrogens (tertiary/aromatic N) is 1. The number of halogens is 3. The Morgan fingerprint density at radius 1 is 1.50 bits per heavy atom. The van der Waals surface area contributed by atoms with Gasteiger partial charge in [-0.2, -0.15) is 18.4 Å². The number of hydrogen-bond donors (Lipinski definition) is 1. The van der Waals surface area contributed by atoms with E-state index in [1.54, 1.807) is 6.07 Å². The highest BCUT2D eigenvalue weighted by molar-refractivity contribution is 8.00. The van der Waals surface area contributed by atoms with Crippen LogP contribution in [0.4, 0.5) is 13.2 Å². The summed E-state index contributed by atoms with van der Waals surface area (Å²) in [5.41, 5.74) is -5.45. The summed E-state index contributed by atoms with van der Waals surface area (Å²) in [6, 6.07) is 3.52. The van der Waals surface area contributed by atoms with E-state index >= 15 is 0 Å². The number of hydrogen-bond acceptors (Lipinski definition) is 5. The maximum atomic E-state index is 12.2. The maximum absolute atomic E-state index is 12.2. The third-order valence-corrected chi connectivity index (χ3v) is 2.66. The molecule has 0 saturated carbocycles. The Morgan fingerprint density at radius 3 is 2.56 bits per heavy atom. The van der Waals surface area contributed by atoms with Crippen molar-refractivity contribution in [2.75, 3.05) is 7.11 Å². The summed E-state index contributed by atoms with van der Waals surface area (Å²) in [6.45, 7) is 0. The fraction of sp³-hybridized carbons (Fsp3) is 0.200. The molecule has 0 radical (unpaired) electrons. The lowest BCUT2D eigenvalue weighted by Crippen LogP contribution is -2.06. The summed E-state index contributed by atoms with van der Waals surface area (Å²) in [7, 11) is 0.993. The maximum Gasteiger partial charge on any atom is 0.446 e. The van der Waals surface area contributed by atoms with Crippen LogP contribution in [0, 0.1) is 11.3 Å². The first-order chi connectivity index (χ1) is 8.30. The van der Waals surface area contributed by atoms with Gasteiger partial charge in [0.2, 0.25) is 0 Å². The van der Waals surface area contributed by atoms with Gasteiger partial charge in [0.1, 0.15) is 17.4 Å². The molecule has 1 aromatic carbocycles. The van der Waals surface area contributed by atoms with Crippen LogP contribution in [0.3, 0.4) is 0 Å². The molecule has 0 aliphatic heterocycles. The largest absolute Gasteiger partial charge is 0.506 e. The molecule has 0 aliphatic carbocycles. The van der Waals surface area contributed by atoms with Gasteiger partial charge in [-0.15, -0.1) is 0 Å². The van der Waals surface area contributed by atoms with E-state index in [0.717, 1.165) is 19.2 Å². The van der Waals surface area contributed by atoms with E-state index in [4.69, 9.17) is 5.26 Å². The van der Waals surface area contributed by atoms with Gasteiger partial charge in [0.15, 0.2) is 0 Å². The molecule has 0 heterocycles. The predicted molar refractivity (Wildman–Crippen MR) is 56.1 cm³/mol. The number of esters is 1. The van der Waals surface area contributed by atoms with E-state index in [-0.39, 0.29) is 5.56 Å². The molecule has 1 rings (SSSR count). The molecule has 0 unspecified atom stereocenters. The number of phenolic OH excluding ortho intramolecular Hbond substituents is 1. The highest BCUT2D eigenvalue weighted by Gasteiger charge is 2.32. The summed E-state index contributed by atoms with van der Waals surface area (Å²) >= 11 is -0.579. The van der Waals surface area contributed by atoms with Crippen LogP contribution in [0.1, 0.15) is 15.9 Å². The Kier molecular flexibility index (Phi) is 4.08. The second-order valence-corrected chi connectivity index (χ2v) is 4.09. The van der Waals surface area contributed by atoms with Gasteiger partial charge >= 0.3 is 11.5 Å². The third-order valence-electron chi connectivity index (χ3n) is 1.88. The average Bonchev–Trinajstić information content (AvgIpc) is 2.29. The number of phenols is 1. The Labute approximate surface area is 104 Å². The Balaban J connectivity index is 3.35. The molecule has 0 saturated heterocycles. The molecule has 18 heavy (non-hydrogen) atoms. The standard InChI is InChI=1S/C10H6F3NO3S/c1-17-9(16)7-5(4-14)2-3-6(8(7)15)18-10(11,12)13/h2-3,15H,1H3. The topological polar surface area (TPSA) is 70.3 Å². The first-order valence-electron chi connectivity index (χ1n) is 4.40. The lowest BCUT2D eigenvalue weighted by Gasteiger charge is -2.11. The number of ether oxygens (including phenoxy) is 1. The molecule has 4 nitrogen and oxygen atoms in total. The summed E-state index contributed by atoms with van der Waals surface area (Å²) in [5, 5.41) is 18.3. The Morgan fingerprint density at radius 2 is 2.11 bits per heavy atom. The van der Waals surface area contributed by atoms with Crippen molar-refractivity contribution in [3.05, 3.63) is 23.3 Å². The number of rotatable bonds is 2. The molecule has 1 aromatic rings. The summed E-state index contributed by atoms with van der Waals surface area (Å²) in [4.78, 5) is 10.7. The molecule has 0 bridgehead atoms. The van der Waals surface area contributed by atoms with E-state index in [2.05, 4.69) is 4.74 Å². The smallest absolute Gasteiger partial charge is 0.446 e. The quantitative estimate of drug-likeness (QED) is 0.664. The summed E-state index contributed by atoms with van der Waals surface area (Å²) < 4.78 is 40.9. The number of carbonyl (C=O) groups is 1. The molecule has 0 fully saturated rings. The van der Waals surface area contributed by atoms with Crippen LogP contribution < -0.4 is 0 Å². The van der Waals surface area contributed by atoms with Gasteiger partial charge in [0.05, 0.1) is 17.6 Å². The SMILES string of the molecule is COC(=O)c1c(C#N)ccc(SC(F)(F)F)c1O. The van der Waals surface area contributed by atoms with Crippen molar-refractivity contribution in [3.8, 4) is 11.8 Å². The number of carbonyl (C=O) groups excluding carboxylic acids is 1. The zero-order valence-electron chi connectivity index (χ0n) is 8.91. The predicted octanol–water partition coefficient (Wildman–Crippen LogP) is 2.66. The minimum Gasteiger partial charge on any atom is -0.506 e. The first kappa shape index (κ1) is 14.2. The van der Waals surface area contributed by atoms with Crippen LogP contribution in [0.15, 0.2) is 17.0 Å². The number of thioether (sulfide) groups is 1. The van der Waals surface area contributed by atoms with Gasteiger partial charge < -0.3 is 9.84 Å². The first-order valence-corrected chi connectivity index (χ1v) is 5.22. The third kappa shape index (κ3) is 3.07. The van der Waals surface area contributed by atoms with Gasteiger partial charge in [-0.25, -0.2) is 4.79 Å². The number of aromatic hydroxyl groups is 1. The van der Waals surface area contributed by atoms with Gasteiger partial charge in [0, 0.05) is 0 Å². The average molecular weight is 277 g/mol. The molecule has 0 atom stereocenters. The molecule has 0 aliphatic rings. The minimum atomic E-state index is -4.61. The van der Waals surface area contributed by atoms with E-state index in [9.17, 15) is 23.1 Å². The molecule has 8 heteroatoms. The van der Waals surface area contributed by atoms with Crippen LogP contribution in [0.2, 0.25) is 0 Å². The zero-order valence-corrected chi connectivity index (χ0v) is 9.72. The van der Waals surface area contributed by atoms with E-state index in [1.807, 2.05) is 0 Å². The zero-order chi connectivity index (χ0) is 13.9. The van der Waals surface area contributed by atoms with Crippen molar-refractivity contribution in [2.45, 2.75) is 10.4 Å². The molecular weight excluding hydrogens is 271 g/mol. The number of benzene rings is 1. The van der Waals surface area contributed by atoms with Crippen molar-refractivity contribution < 1.29 is 27.8 Å². The van der Waals surface area contributed by atoms with Crippen molar-refractivity contribution >= 4 is 17.7 Å². The number of alkyl halides is 3. The Hall–Kier alpha value is -1.88. The fourth-order valence-electron chi connectivity index (χ4n) is 1.18. The van der Waals surface area contributed by atoms with Crippen molar-refractivity contribution in [2.24, 2.45) is 0 Å². The normalized spacial score (nSPS) is 10.8. The molecule has 0 amide bonds. The van der Waals surface area contributed by atoms with Crippen molar-refractivity contribution in [3.63, 3.8) is 0 Å². The number of nitriles is 1. The molecular formula is C10H6F3NO3S. The van der Waals surface area contributed by atoms with E-state index < -0.39 is 39.4 Å².